The van der Waals surface area contributed by atoms with E-state index in [1.54, 1.807) is 12.1 Å². The van der Waals surface area contributed by atoms with Crippen LogP contribution in [0.1, 0.15) is 12.6 Å². The third-order valence-corrected chi connectivity index (χ3v) is 2.78. The van der Waals surface area contributed by atoms with Gasteiger partial charge in [0.05, 0.1) is 17.3 Å². The van der Waals surface area contributed by atoms with Gasteiger partial charge in [-0.2, -0.15) is 0 Å². The van der Waals surface area contributed by atoms with Crippen LogP contribution in [0.5, 0.6) is 11.5 Å². The first-order valence-corrected chi connectivity index (χ1v) is 6.33. The summed E-state index contributed by atoms with van der Waals surface area (Å²) >= 11 is 6.02. The molecule has 1 aromatic carbocycles. The molecule has 0 aliphatic carbocycles. The first-order valence-electron chi connectivity index (χ1n) is 5.95. The van der Waals surface area contributed by atoms with Crippen molar-refractivity contribution >= 4 is 17.4 Å². The second-order valence-electron chi connectivity index (χ2n) is 3.86. The largest absolute Gasteiger partial charge is 0.494 e. The second-order valence-corrected chi connectivity index (χ2v) is 4.27. The molecule has 2 rings (SSSR count). The number of nitrogens with zero attached hydrogens (tertiary/aromatic N) is 1. The molecule has 0 saturated carbocycles. The lowest BCUT2D eigenvalue weighted by molar-refractivity contribution is 0.295. The number of nitrogen functional groups attached to an aromatic ring is 1. The average Bonchev–Trinajstić information content (AvgIpc) is 2.41. The maximum absolute atomic E-state index is 6.02. The summed E-state index contributed by atoms with van der Waals surface area (Å²) < 4.78 is 11.0. The standard InChI is InChI=1S/C14H15ClN2O2/c1-2-18-10-4-3-5-11(8-10)19-9-13-12(15)6-7-14(16)17-13/h3-8H,2,9H2,1H3,(H2,16,17). The van der Waals surface area contributed by atoms with Crippen LogP contribution in [0.3, 0.4) is 0 Å². The van der Waals surface area contributed by atoms with Crippen molar-refractivity contribution in [3.05, 3.63) is 47.1 Å². The Bertz CT molecular complexity index is 561. The van der Waals surface area contributed by atoms with E-state index in [-0.39, 0.29) is 6.61 Å². The Morgan fingerprint density at radius 1 is 1.16 bits per heavy atom. The summed E-state index contributed by atoms with van der Waals surface area (Å²) in [6, 6.07) is 10.8. The van der Waals surface area contributed by atoms with Gasteiger partial charge in [0.1, 0.15) is 23.9 Å². The van der Waals surface area contributed by atoms with Gasteiger partial charge in [0, 0.05) is 6.07 Å². The maximum Gasteiger partial charge on any atom is 0.132 e. The minimum absolute atomic E-state index is 0.263. The summed E-state index contributed by atoms with van der Waals surface area (Å²) in [6.07, 6.45) is 0. The third-order valence-electron chi connectivity index (χ3n) is 2.43. The highest BCUT2D eigenvalue weighted by molar-refractivity contribution is 6.31. The number of rotatable bonds is 5. The first-order chi connectivity index (χ1) is 9.19. The Labute approximate surface area is 117 Å². The summed E-state index contributed by atoms with van der Waals surface area (Å²) in [7, 11) is 0. The molecule has 0 atom stereocenters. The van der Waals surface area contributed by atoms with Crippen molar-refractivity contribution in [1.82, 2.24) is 4.98 Å². The van der Waals surface area contributed by atoms with Crippen LogP contribution in [0.15, 0.2) is 36.4 Å². The van der Waals surface area contributed by atoms with E-state index in [4.69, 9.17) is 26.8 Å². The van der Waals surface area contributed by atoms with Gasteiger partial charge in [-0.15, -0.1) is 0 Å². The Morgan fingerprint density at radius 3 is 2.63 bits per heavy atom. The van der Waals surface area contributed by atoms with Crippen LogP contribution >= 0.6 is 11.6 Å². The number of anilines is 1. The maximum atomic E-state index is 6.02. The molecule has 2 N–H and O–H groups in total. The highest BCUT2D eigenvalue weighted by atomic mass is 35.5. The van der Waals surface area contributed by atoms with Gasteiger partial charge in [0.25, 0.3) is 0 Å². The summed E-state index contributed by atoms with van der Waals surface area (Å²) in [6.45, 7) is 2.81. The normalized spacial score (nSPS) is 10.2. The third kappa shape index (κ3) is 3.76. The van der Waals surface area contributed by atoms with E-state index in [9.17, 15) is 0 Å². The minimum Gasteiger partial charge on any atom is -0.494 e. The van der Waals surface area contributed by atoms with Gasteiger partial charge in [0.15, 0.2) is 0 Å². The molecule has 0 aliphatic heterocycles. The number of benzene rings is 1. The summed E-state index contributed by atoms with van der Waals surface area (Å²) in [4.78, 5) is 4.14. The van der Waals surface area contributed by atoms with Crippen LogP contribution in [0.25, 0.3) is 0 Å². The molecule has 0 spiro atoms. The average molecular weight is 279 g/mol. The van der Waals surface area contributed by atoms with Crippen LogP contribution in [0, 0.1) is 0 Å². The fourth-order valence-electron chi connectivity index (χ4n) is 1.57. The molecule has 0 fully saturated rings. The highest BCUT2D eigenvalue weighted by Crippen LogP contribution is 2.22. The second kappa shape index (κ2) is 6.29. The van der Waals surface area contributed by atoms with Crippen molar-refractivity contribution in [2.75, 3.05) is 12.3 Å². The van der Waals surface area contributed by atoms with Crippen molar-refractivity contribution in [1.29, 1.82) is 0 Å². The zero-order chi connectivity index (χ0) is 13.7. The van der Waals surface area contributed by atoms with E-state index in [0.717, 1.165) is 5.75 Å². The molecule has 5 heteroatoms. The lowest BCUT2D eigenvalue weighted by atomic mass is 10.3. The number of nitrogens with two attached hydrogens (primary N) is 1. The van der Waals surface area contributed by atoms with Crippen LogP contribution in [-0.4, -0.2) is 11.6 Å². The summed E-state index contributed by atoms with van der Waals surface area (Å²) in [5, 5.41) is 0.537. The fourth-order valence-corrected chi connectivity index (χ4v) is 1.73. The summed E-state index contributed by atoms with van der Waals surface area (Å²) in [5.74, 6) is 1.89. The van der Waals surface area contributed by atoms with Crippen LogP contribution < -0.4 is 15.2 Å². The van der Waals surface area contributed by atoms with Gasteiger partial charge in [-0.05, 0) is 31.2 Å². The zero-order valence-electron chi connectivity index (χ0n) is 10.6. The van der Waals surface area contributed by atoms with Crippen molar-refractivity contribution in [3.63, 3.8) is 0 Å². The predicted molar refractivity (Wildman–Crippen MR) is 75.6 cm³/mol. The van der Waals surface area contributed by atoms with Gasteiger partial charge in [0.2, 0.25) is 0 Å². The van der Waals surface area contributed by atoms with Crippen molar-refractivity contribution in [3.8, 4) is 11.5 Å². The van der Waals surface area contributed by atoms with E-state index in [1.165, 1.54) is 0 Å². The Hall–Kier alpha value is -1.94. The zero-order valence-corrected chi connectivity index (χ0v) is 11.4. The summed E-state index contributed by atoms with van der Waals surface area (Å²) in [5.41, 5.74) is 6.23. The van der Waals surface area contributed by atoms with E-state index in [0.29, 0.717) is 28.9 Å². The SMILES string of the molecule is CCOc1cccc(OCc2nc(N)ccc2Cl)c1. The number of pyridine rings is 1. The molecule has 0 aliphatic rings. The highest BCUT2D eigenvalue weighted by Gasteiger charge is 2.04. The first kappa shape index (κ1) is 13.5. The van der Waals surface area contributed by atoms with Gasteiger partial charge in [-0.25, -0.2) is 4.98 Å². The number of hydrogen-bond acceptors (Lipinski definition) is 4. The molecule has 1 heterocycles. The molecule has 1 aromatic heterocycles. The molecular weight excluding hydrogens is 264 g/mol. The Morgan fingerprint density at radius 2 is 1.89 bits per heavy atom. The number of halogens is 1. The lowest BCUT2D eigenvalue weighted by Gasteiger charge is -2.09. The van der Waals surface area contributed by atoms with Gasteiger partial charge >= 0.3 is 0 Å². The Kier molecular flexibility index (Phi) is 4.47. The van der Waals surface area contributed by atoms with Crippen LogP contribution in [-0.2, 0) is 6.61 Å². The van der Waals surface area contributed by atoms with E-state index >= 15 is 0 Å². The van der Waals surface area contributed by atoms with Gasteiger partial charge < -0.3 is 15.2 Å². The molecular formula is C14H15ClN2O2. The quantitative estimate of drug-likeness (QED) is 0.912. The molecule has 0 amide bonds. The van der Waals surface area contributed by atoms with Crippen molar-refractivity contribution < 1.29 is 9.47 Å². The van der Waals surface area contributed by atoms with Gasteiger partial charge in [-0.3, -0.25) is 0 Å². The van der Waals surface area contributed by atoms with E-state index in [1.807, 2.05) is 31.2 Å². The molecule has 0 saturated heterocycles. The minimum atomic E-state index is 0.263. The van der Waals surface area contributed by atoms with Crippen molar-refractivity contribution in [2.45, 2.75) is 13.5 Å². The van der Waals surface area contributed by atoms with Crippen LogP contribution in [0.4, 0.5) is 5.82 Å². The van der Waals surface area contributed by atoms with Gasteiger partial charge in [-0.1, -0.05) is 17.7 Å². The fraction of sp³-hybridized carbons (Fsp3) is 0.214. The van der Waals surface area contributed by atoms with E-state index in [2.05, 4.69) is 4.98 Å². The van der Waals surface area contributed by atoms with Crippen molar-refractivity contribution in [2.24, 2.45) is 0 Å². The lowest BCUT2D eigenvalue weighted by Crippen LogP contribution is -2.02. The molecule has 0 radical (unpaired) electrons. The number of ether oxygens (including phenoxy) is 2. The number of hydrogen-bond donors (Lipinski definition) is 1. The molecule has 0 bridgehead atoms. The molecule has 100 valence electrons. The number of aromatic nitrogens is 1. The predicted octanol–water partition coefficient (Wildman–Crippen LogP) is 3.29. The smallest absolute Gasteiger partial charge is 0.132 e. The molecule has 2 aromatic rings. The molecule has 4 nitrogen and oxygen atoms in total. The Balaban J connectivity index is 2.05. The topological polar surface area (TPSA) is 57.4 Å². The molecule has 0 unspecified atom stereocenters. The molecule has 19 heavy (non-hydrogen) atoms. The van der Waals surface area contributed by atoms with Crippen LogP contribution in [0.2, 0.25) is 5.02 Å². The van der Waals surface area contributed by atoms with E-state index < -0.39 is 0 Å². The monoisotopic (exact) mass is 278 g/mol.